The highest BCUT2D eigenvalue weighted by Gasteiger charge is 1.87. The van der Waals surface area contributed by atoms with Crippen LogP contribution in [0.4, 0.5) is 0 Å². The molecule has 0 aromatic carbocycles. The Hall–Kier alpha value is -2.64. The SMILES string of the molecule is CC(C)=O.CC(C)=O.CCC(=O)CC.CCC(=O)CC.CCC(C)=O.CCC(C)=O.CCC(C)=O.CCC(C)=O. The lowest BCUT2D eigenvalue weighted by Gasteiger charge is -1.81. The first kappa shape index (κ1) is 57.3. The summed E-state index contributed by atoms with van der Waals surface area (Å²) in [6, 6.07) is 0. The molecule has 0 aromatic rings. The van der Waals surface area contributed by atoms with Crippen LogP contribution in [0.1, 0.15) is 162 Å². The number of hydrogen-bond acceptors (Lipinski definition) is 8. The third-order valence-electron chi connectivity index (χ3n) is 3.57. The monoisotopic (exact) mass is 576 g/mol. The van der Waals surface area contributed by atoms with Gasteiger partial charge in [0.25, 0.3) is 0 Å². The van der Waals surface area contributed by atoms with Crippen molar-refractivity contribution in [2.75, 3.05) is 0 Å². The van der Waals surface area contributed by atoms with Gasteiger partial charge in [-0.2, -0.15) is 0 Å². The maximum atomic E-state index is 10.2. The molecule has 0 rings (SSSR count). The Morgan fingerprint density at radius 2 is 0.350 bits per heavy atom. The zero-order chi connectivity index (χ0) is 34.3. The number of Topliss-reactive ketones (excluding diaryl/α,β-unsaturated/α-hetero) is 8. The van der Waals surface area contributed by atoms with Crippen molar-refractivity contribution in [3.63, 3.8) is 0 Å². The molecular weight excluding hydrogens is 512 g/mol. The van der Waals surface area contributed by atoms with E-state index in [9.17, 15) is 38.4 Å². The van der Waals surface area contributed by atoms with E-state index in [1.54, 1.807) is 27.7 Å². The van der Waals surface area contributed by atoms with Crippen LogP contribution in [0.15, 0.2) is 0 Å². The smallest absolute Gasteiger partial charge is 0.132 e. The van der Waals surface area contributed by atoms with Gasteiger partial charge in [0.15, 0.2) is 0 Å². The fourth-order valence-electron chi connectivity index (χ4n) is 0.500. The molecule has 0 atom stereocenters. The molecule has 240 valence electrons. The van der Waals surface area contributed by atoms with Crippen LogP contribution in [0.5, 0.6) is 0 Å². The van der Waals surface area contributed by atoms with E-state index in [-0.39, 0.29) is 34.7 Å². The van der Waals surface area contributed by atoms with Gasteiger partial charge >= 0.3 is 0 Å². The summed E-state index contributed by atoms with van der Waals surface area (Å²) in [5, 5.41) is 0. The van der Waals surface area contributed by atoms with Gasteiger partial charge in [0, 0.05) is 51.4 Å². The number of carbonyl (C=O) groups excluding carboxylic acids is 8. The van der Waals surface area contributed by atoms with Gasteiger partial charge < -0.3 is 28.8 Å². The topological polar surface area (TPSA) is 137 Å². The first-order valence-corrected chi connectivity index (χ1v) is 14.1. The minimum Gasteiger partial charge on any atom is -0.300 e. The molecule has 0 aliphatic heterocycles. The summed E-state index contributed by atoms with van der Waals surface area (Å²) < 4.78 is 0. The predicted octanol–water partition coefficient (Wildman–Crippen LogP) is 7.88. The van der Waals surface area contributed by atoms with Crippen LogP contribution in [0.3, 0.4) is 0 Å². The zero-order valence-electron chi connectivity index (χ0n) is 28.9. The average Bonchev–Trinajstić information content (AvgIpc) is 2.88. The molecule has 0 saturated heterocycles. The number of rotatable bonds is 8. The molecule has 8 heteroatoms. The zero-order valence-corrected chi connectivity index (χ0v) is 28.9. The van der Waals surface area contributed by atoms with Crippen molar-refractivity contribution in [1.82, 2.24) is 0 Å². The lowest BCUT2D eigenvalue weighted by molar-refractivity contribution is -0.119. The molecule has 0 unspecified atom stereocenters. The molecule has 0 aromatic heterocycles. The second-order valence-corrected chi connectivity index (χ2v) is 8.53. The van der Waals surface area contributed by atoms with E-state index in [0.717, 1.165) is 0 Å². The van der Waals surface area contributed by atoms with E-state index in [1.807, 2.05) is 55.4 Å². The second kappa shape index (κ2) is 52.7. The Balaban J connectivity index is -0.0000000490. The van der Waals surface area contributed by atoms with Crippen molar-refractivity contribution >= 4 is 46.3 Å². The predicted molar refractivity (Wildman–Crippen MR) is 168 cm³/mol. The summed E-state index contributed by atoms with van der Waals surface area (Å²) in [7, 11) is 0. The summed E-state index contributed by atoms with van der Waals surface area (Å²) in [6.07, 6.45) is 5.43. The molecule has 40 heavy (non-hydrogen) atoms. The van der Waals surface area contributed by atoms with Crippen LogP contribution in [0.2, 0.25) is 0 Å². The maximum absolute atomic E-state index is 10.2. The Kier molecular flexibility index (Phi) is 75.5. The van der Waals surface area contributed by atoms with Gasteiger partial charge in [-0.3, -0.25) is 9.59 Å². The minimum absolute atomic E-state index is 0.167. The van der Waals surface area contributed by atoms with Gasteiger partial charge in [-0.1, -0.05) is 55.4 Å². The van der Waals surface area contributed by atoms with E-state index >= 15 is 0 Å². The quantitative estimate of drug-likeness (QED) is 0.284. The van der Waals surface area contributed by atoms with Gasteiger partial charge in [0.2, 0.25) is 0 Å². The Morgan fingerprint density at radius 3 is 0.350 bits per heavy atom. The first-order valence-electron chi connectivity index (χ1n) is 14.1. The molecule has 0 fully saturated rings. The van der Waals surface area contributed by atoms with Crippen LogP contribution in [-0.2, 0) is 38.4 Å². The molecule has 0 radical (unpaired) electrons. The van der Waals surface area contributed by atoms with Crippen LogP contribution in [0, 0.1) is 0 Å². The number of carbonyl (C=O) groups is 8. The summed E-state index contributed by atoms with van der Waals surface area (Å²) >= 11 is 0. The first-order chi connectivity index (χ1) is 18.2. The highest BCUT2D eigenvalue weighted by atomic mass is 16.1. The highest BCUT2D eigenvalue weighted by Crippen LogP contribution is 1.83. The molecule has 0 aliphatic rings. The lowest BCUT2D eigenvalue weighted by Crippen LogP contribution is -1.88. The Labute approximate surface area is 246 Å². The second-order valence-electron chi connectivity index (χ2n) is 8.53. The van der Waals surface area contributed by atoms with Gasteiger partial charge in [0.1, 0.15) is 46.3 Å². The normalized spacial score (nSPS) is 7.60. The molecule has 0 aliphatic carbocycles. The molecule has 0 N–H and O–H groups in total. The maximum Gasteiger partial charge on any atom is 0.132 e. The largest absolute Gasteiger partial charge is 0.300 e. The van der Waals surface area contributed by atoms with Crippen molar-refractivity contribution in [2.24, 2.45) is 0 Å². The molecule has 0 saturated carbocycles. The van der Waals surface area contributed by atoms with Gasteiger partial charge in [-0.15, -0.1) is 0 Å². The van der Waals surface area contributed by atoms with Crippen LogP contribution < -0.4 is 0 Å². The molecule has 8 nitrogen and oxygen atoms in total. The Bertz CT molecular complexity index is 543. The van der Waals surface area contributed by atoms with Crippen LogP contribution in [-0.4, -0.2) is 46.3 Å². The number of hydrogen-bond donors (Lipinski definition) is 0. The van der Waals surface area contributed by atoms with Crippen molar-refractivity contribution in [1.29, 1.82) is 0 Å². The van der Waals surface area contributed by atoms with E-state index in [4.69, 9.17) is 0 Å². The van der Waals surface area contributed by atoms with E-state index in [1.165, 1.54) is 27.7 Å². The fourth-order valence-corrected chi connectivity index (χ4v) is 0.500. The van der Waals surface area contributed by atoms with Crippen molar-refractivity contribution < 1.29 is 38.4 Å². The van der Waals surface area contributed by atoms with E-state index in [0.29, 0.717) is 62.9 Å². The molecule has 0 heterocycles. The molecular formula is C32H64O8. The van der Waals surface area contributed by atoms with Gasteiger partial charge in [-0.25, -0.2) is 0 Å². The fraction of sp³-hybridized carbons (Fsp3) is 0.750. The van der Waals surface area contributed by atoms with E-state index in [2.05, 4.69) is 0 Å². The van der Waals surface area contributed by atoms with Crippen LogP contribution >= 0.6 is 0 Å². The summed E-state index contributed by atoms with van der Waals surface area (Å²) in [5.74, 6) is 2.04. The standard InChI is InChI=1S/2C5H10O.4C4H8O.2C3H6O/c2*1-3-5(6)4-2;4*1-3-4(2)5;2*1-3(2)4/h2*3-4H2,1-2H3;4*3H2,1-2H3;2*1-2H3. The summed E-state index contributed by atoms with van der Waals surface area (Å²) in [6.45, 7) is 27.4. The molecule has 0 bridgehead atoms. The molecule has 0 spiro atoms. The Morgan fingerprint density at radius 1 is 0.275 bits per heavy atom. The van der Waals surface area contributed by atoms with Gasteiger partial charge in [-0.05, 0) is 55.4 Å². The van der Waals surface area contributed by atoms with Crippen molar-refractivity contribution in [3.8, 4) is 0 Å². The third kappa shape index (κ3) is 234. The van der Waals surface area contributed by atoms with Gasteiger partial charge in [0.05, 0.1) is 0 Å². The lowest BCUT2D eigenvalue weighted by atomic mass is 10.3. The summed E-state index contributed by atoms with van der Waals surface area (Å²) in [5.41, 5.74) is 0. The minimum atomic E-state index is 0.167. The highest BCUT2D eigenvalue weighted by molar-refractivity contribution is 5.78. The average molecular weight is 577 g/mol. The van der Waals surface area contributed by atoms with Crippen molar-refractivity contribution in [3.05, 3.63) is 0 Å². The third-order valence-corrected chi connectivity index (χ3v) is 3.57. The van der Waals surface area contributed by atoms with Crippen LogP contribution in [0.25, 0.3) is 0 Å². The number of ketones is 8. The van der Waals surface area contributed by atoms with Crippen molar-refractivity contribution in [2.45, 2.75) is 162 Å². The summed E-state index contributed by atoms with van der Waals surface area (Å²) in [4.78, 5) is 78.5. The molecule has 0 amide bonds. The van der Waals surface area contributed by atoms with E-state index < -0.39 is 0 Å².